The Morgan fingerprint density at radius 3 is 2.60 bits per heavy atom. The van der Waals surface area contributed by atoms with Crippen LogP contribution in [-0.4, -0.2) is 30.5 Å². The molecule has 106 valence electrons. The molecule has 1 aromatic carbocycles. The number of hydrogen-bond donors (Lipinski definition) is 0. The van der Waals surface area contributed by atoms with Gasteiger partial charge < -0.3 is 9.64 Å². The van der Waals surface area contributed by atoms with Gasteiger partial charge in [-0.15, -0.1) is 0 Å². The molecule has 0 saturated carbocycles. The van der Waals surface area contributed by atoms with Gasteiger partial charge in [0, 0.05) is 13.1 Å². The number of carbonyl (C=O) groups is 1. The predicted molar refractivity (Wildman–Crippen MR) is 71.7 cm³/mol. The van der Waals surface area contributed by atoms with Gasteiger partial charge >= 0.3 is 0 Å². The van der Waals surface area contributed by atoms with Crippen molar-refractivity contribution in [3.05, 3.63) is 29.6 Å². The van der Waals surface area contributed by atoms with Crippen molar-refractivity contribution < 1.29 is 13.9 Å². The van der Waals surface area contributed by atoms with Gasteiger partial charge in [-0.1, -0.05) is 12.8 Å². The van der Waals surface area contributed by atoms with E-state index in [-0.39, 0.29) is 23.8 Å². The summed E-state index contributed by atoms with van der Waals surface area (Å²) in [6.07, 6.45) is 4.32. The molecule has 1 amide bonds. The fourth-order valence-corrected chi connectivity index (χ4v) is 2.24. The molecule has 0 aromatic heterocycles. The molecule has 1 aromatic rings. The molecule has 0 bridgehead atoms. The van der Waals surface area contributed by atoms with Crippen LogP contribution >= 0.6 is 0 Å². The summed E-state index contributed by atoms with van der Waals surface area (Å²) in [5, 5.41) is 8.65. The van der Waals surface area contributed by atoms with E-state index in [2.05, 4.69) is 0 Å². The smallest absolute Gasteiger partial charge is 0.260 e. The van der Waals surface area contributed by atoms with E-state index in [1.165, 1.54) is 12.1 Å². The van der Waals surface area contributed by atoms with Crippen LogP contribution < -0.4 is 4.74 Å². The molecule has 0 spiro atoms. The number of nitriles is 1. The maximum atomic E-state index is 13.6. The van der Waals surface area contributed by atoms with Crippen molar-refractivity contribution in [1.29, 1.82) is 5.26 Å². The van der Waals surface area contributed by atoms with Crippen LogP contribution in [0.15, 0.2) is 18.2 Å². The Morgan fingerprint density at radius 2 is 2.00 bits per heavy atom. The van der Waals surface area contributed by atoms with Gasteiger partial charge in [0.05, 0.1) is 11.6 Å². The Hall–Kier alpha value is -2.09. The third kappa shape index (κ3) is 3.70. The highest BCUT2D eigenvalue weighted by molar-refractivity contribution is 5.77. The zero-order chi connectivity index (χ0) is 14.4. The minimum Gasteiger partial charge on any atom is -0.481 e. The summed E-state index contributed by atoms with van der Waals surface area (Å²) in [7, 11) is 0. The van der Waals surface area contributed by atoms with Crippen molar-refractivity contribution in [3.63, 3.8) is 0 Å². The average molecular weight is 276 g/mol. The Balaban J connectivity index is 1.91. The van der Waals surface area contributed by atoms with Gasteiger partial charge in [-0.25, -0.2) is 4.39 Å². The standard InChI is InChI=1S/C15H17FN2O2/c16-13-9-12(10-17)5-6-14(13)20-11-15(19)18-7-3-1-2-4-8-18/h5-6,9H,1-4,7-8,11H2. The lowest BCUT2D eigenvalue weighted by Crippen LogP contribution is -2.35. The van der Waals surface area contributed by atoms with Crippen LogP contribution in [0.2, 0.25) is 0 Å². The molecule has 1 fully saturated rings. The topological polar surface area (TPSA) is 53.3 Å². The first-order chi connectivity index (χ1) is 9.70. The minimum atomic E-state index is -0.618. The summed E-state index contributed by atoms with van der Waals surface area (Å²) in [6, 6.07) is 5.80. The first-order valence-corrected chi connectivity index (χ1v) is 6.81. The molecule has 0 aliphatic carbocycles. The first-order valence-electron chi connectivity index (χ1n) is 6.81. The van der Waals surface area contributed by atoms with Gasteiger partial charge in [-0.3, -0.25) is 4.79 Å². The molecule has 4 nitrogen and oxygen atoms in total. The molecule has 0 radical (unpaired) electrons. The summed E-state index contributed by atoms with van der Waals surface area (Å²) in [6.45, 7) is 1.33. The van der Waals surface area contributed by atoms with Crippen LogP contribution in [0, 0.1) is 17.1 Å². The molecule has 20 heavy (non-hydrogen) atoms. The van der Waals surface area contributed by atoms with E-state index in [1.807, 2.05) is 6.07 Å². The highest BCUT2D eigenvalue weighted by Crippen LogP contribution is 2.18. The van der Waals surface area contributed by atoms with Gasteiger partial charge in [0.25, 0.3) is 5.91 Å². The summed E-state index contributed by atoms with van der Waals surface area (Å²) < 4.78 is 18.8. The number of benzene rings is 1. The second-order valence-corrected chi connectivity index (χ2v) is 4.84. The molecule has 5 heteroatoms. The molecule has 0 N–H and O–H groups in total. The molecule has 1 heterocycles. The van der Waals surface area contributed by atoms with Crippen LogP contribution in [0.5, 0.6) is 5.75 Å². The third-order valence-corrected chi connectivity index (χ3v) is 3.37. The number of likely N-dealkylation sites (tertiary alicyclic amines) is 1. The van der Waals surface area contributed by atoms with Crippen molar-refractivity contribution in [2.24, 2.45) is 0 Å². The number of nitrogens with zero attached hydrogens (tertiary/aromatic N) is 2. The van der Waals surface area contributed by atoms with Crippen molar-refractivity contribution in [2.75, 3.05) is 19.7 Å². The summed E-state index contributed by atoms with van der Waals surface area (Å²) in [5.41, 5.74) is 0.230. The van der Waals surface area contributed by atoms with Crippen molar-refractivity contribution in [1.82, 2.24) is 4.90 Å². The zero-order valence-corrected chi connectivity index (χ0v) is 11.3. The van der Waals surface area contributed by atoms with Crippen LogP contribution in [-0.2, 0) is 4.79 Å². The fourth-order valence-electron chi connectivity index (χ4n) is 2.24. The van der Waals surface area contributed by atoms with E-state index in [0.717, 1.165) is 44.8 Å². The molecule has 2 rings (SSSR count). The second-order valence-electron chi connectivity index (χ2n) is 4.84. The molecule has 0 unspecified atom stereocenters. The monoisotopic (exact) mass is 276 g/mol. The quantitative estimate of drug-likeness (QED) is 0.852. The Bertz CT molecular complexity index is 517. The van der Waals surface area contributed by atoms with E-state index in [9.17, 15) is 9.18 Å². The highest BCUT2D eigenvalue weighted by Gasteiger charge is 2.16. The lowest BCUT2D eigenvalue weighted by Gasteiger charge is -2.20. The van der Waals surface area contributed by atoms with Crippen LogP contribution in [0.1, 0.15) is 31.2 Å². The molecule has 1 aliphatic heterocycles. The van der Waals surface area contributed by atoms with Crippen LogP contribution in [0.25, 0.3) is 0 Å². The average Bonchev–Trinajstić information content (AvgIpc) is 2.74. The van der Waals surface area contributed by atoms with Gasteiger partial charge in [-0.05, 0) is 31.0 Å². The van der Waals surface area contributed by atoms with Crippen LogP contribution in [0.4, 0.5) is 4.39 Å². The number of halogens is 1. The molecule has 1 saturated heterocycles. The van der Waals surface area contributed by atoms with E-state index in [4.69, 9.17) is 10.00 Å². The highest BCUT2D eigenvalue weighted by atomic mass is 19.1. The summed E-state index contributed by atoms with van der Waals surface area (Å²) in [5.74, 6) is -0.726. The first kappa shape index (κ1) is 14.3. The number of carbonyl (C=O) groups excluding carboxylic acids is 1. The second kappa shape index (κ2) is 6.90. The Kier molecular flexibility index (Phi) is 4.94. The Morgan fingerprint density at radius 1 is 1.30 bits per heavy atom. The zero-order valence-electron chi connectivity index (χ0n) is 11.3. The number of amides is 1. The van der Waals surface area contributed by atoms with Crippen molar-refractivity contribution >= 4 is 5.91 Å². The van der Waals surface area contributed by atoms with Gasteiger partial charge in [0.1, 0.15) is 0 Å². The number of rotatable bonds is 3. The molecule has 1 aliphatic rings. The van der Waals surface area contributed by atoms with Crippen LogP contribution in [0.3, 0.4) is 0 Å². The molecule has 0 atom stereocenters. The van der Waals surface area contributed by atoms with Gasteiger partial charge in [0.2, 0.25) is 0 Å². The number of hydrogen-bond acceptors (Lipinski definition) is 3. The SMILES string of the molecule is N#Cc1ccc(OCC(=O)N2CCCCCC2)c(F)c1. The maximum Gasteiger partial charge on any atom is 0.260 e. The minimum absolute atomic E-state index is 0.00664. The normalized spacial score (nSPS) is 15.3. The van der Waals surface area contributed by atoms with Crippen molar-refractivity contribution in [3.8, 4) is 11.8 Å². The summed E-state index contributed by atoms with van der Waals surface area (Å²) >= 11 is 0. The number of ether oxygens (including phenoxy) is 1. The molecular weight excluding hydrogens is 259 g/mol. The predicted octanol–water partition coefficient (Wildman–Crippen LogP) is 2.48. The lowest BCUT2D eigenvalue weighted by atomic mass is 10.2. The Labute approximate surface area is 117 Å². The van der Waals surface area contributed by atoms with Gasteiger partial charge in [0.15, 0.2) is 18.2 Å². The third-order valence-electron chi connectivity index (χ3n) is 3.37. The van der Waals surface area contributed by atoms with E-state index >= 15 is 0 Å². The maximum absolute atomic E-state index is 13.6. The fraction of sp³-hybridized carbons (Fsp3) is 0.467. The van der Waals surface area contributed by atoms with Crippen molar-refractivity contribution in [2.45, 2.75) is 25.7 Å². The van der Waals surface area contributed by atoms with E-state index in [1.54, 1.807) is 4.90 Å². The summed E-state index contributed by atoms with van der Waals surface area (Å²) in [4.78, 5) is 13.8. The van der Waals surface area contributed by atoms with E-state index < -0.39 is 5.82 Å². The lowest BCUT2D eigenvalue weighted by molar-refractivity contribution is -0.133. The molecular formula is C15H17FN2O2. The van der Waals surface area contributed by atoms with E-state index in [0.29, 0.717) is 0 Å². The van der Waals surface area contributed by atoms with Gasteiger partial charge in [-0.2, -0.15) is 5.26 Å². The largest absolute Gasteiger partial charge is 0.481 e.